The molecule has 1 N–H and O–H groups in total. The molecule has 8 heteroatoms. The lowest BCUT2D eigenvalue weighted by atomic mass is 9.79. The standard InChI is InChI=1S/C18H25N5O2S/c1-13-10-26-15(21-13)9-23-11-18(12-23)14(4-8-25-18)3-5-20-17(24)16-19-6-7-22(16)2/h6-7,10,14H,3-5,8-9,11-12H2,1-2H3,(H,20,24)/t14-/m0/s1. The molecule has 1 amide bonds. The van der Waals surface area contributed by atoms with Gasteiger partial charge in [-0.25, -0.2) is 9.97 Å². The molecule has 0 saturated carbocycles. The third-order valence-corrected chi connectivity index (χ3v) is 6.36. The van der Waals surface area contributed by atoms with Crippen molar-refractivity contribution < 1.29 is 9.53 Å². The molecule has 0 aromatic carbocycles. The minimum absolute atomic E-state index is 0.0275. The molecule has 7 nitrogen and oxygen atoms in total. The summed E-state index contributed by atoms with van der Waals surface area (Å²) >= 11 is 1.73. The molecular weight excluding hydrogens is 350 g/mol. The lowest BCUT2D eigenvalue weighted by Crippen LogP contribution is -2.64. The Bertz CT molecular complexity index is 780. The number of carbonyl (C=O) groups excluding carboxylic acids is 1. The van der Waals surface area contributed by atoms with Gasteiger partial charge >= 0.3 is 0 Å². The molecule has 26 heavy (non-hydrogen) atoms. The van der Waals surface area contributed by atoms with E-state index >= 15 is 0 Å². The van der Waals surface area contributed by atoms with E-state index in [0.717, 1.165) is 44.8 Å². The monoisotopic (exact) mass is 375 g/mol. The predicted octanol–water partition coefficient (Wildman–Crippen LogP) is 1.60. The maximum atomic E-state index is 12.2. The molecule has 2 aromatic heterocycles. The molecule has 1 spiro atoms. The van der Waals surface area contributed by atoms with Crippen molar-refractivity contribution in [2.75, 3.05) is 26.2 Å². The van der Waals surface area contributed by atoms with Crippen molar-refractivity contribution in [3.05, 3.63) is 34.3 Å². The van der Waals surface area contributed by atoms with E-state index in [2.05, 4.69) is 25.6 Å². The molecule has 2 aromatic rings. The Kier molecular flexibility index (Phi) is 4.81. The van der Waals surface area contributed by atoms with Crippen molar-refractivity contribution in [3.8, 4) is 0 Å². The van der Waals surface area contributed by atoms with Crippen LogP contribution in [0.2, 0.25) is 0 Å². The minimum Gasteiger partial charge on any atom is -0.372 e. The smallest absolute Gasteiger partial charge is 0.287 e. The number of ether oxygens (including phenoxy) is 1. The van der Waals surface area contributed by atoms with Crippen LogP contribution in [-0.2, 0) is 18.3 Å². The summed E-state index contributed by atoms with van der Waals surface area (Å²) < 4.78 is 7.86. The lowest BCUT2D eigenvalue weighted by Gasteiger charge is -2.50. The number of likely N-dealkylation sites (tertiary alicyclic amines) is 1. The van der Waals surface area contributed by atoms with Gasteiger partial charge in [0.15, 0.2) is 5.82 Å². The molecule has 1 atom stereocenters. The van der Waals surface area contributed by atoms with Crippen LogP contribution < -0.4 is 5.32 Å². The second kappa shape index (κ2) is 7.09. The number of nitrogens with one attached hydrogen (secondary N) is 1. The number of imidazole rings is 1. The van der Waals surface area contributed by atoms with Gasteiger partial charge in [-0.05, 0) is 25.7 Å². The lowest BCUT2D eigenvalue weighted by molar-refractivity contribution is -0.136. The average molecular weight is 375 g/mol. The number of carbonyl (C=O) groups is 1. The number of rotatable bonds is 6. The molecular formula is C18H25N5O2S. The average Bonchev–Trinajstić information content (AvgIpc) is 3.28. The number of aromatic nitrogens is 3. The van der Waals surface area contributed by atoms with E-state index < -0.39 is 0 Å². The van der Waals surface area contributed by atoms with Crippen LogP contribution in [-0.4, -0.2) is 57.2 Å². The molecule has 140 valence electrons. The van der Waals surface area contributed by atoms with Gasteiger partial charge < -0.3 is 14.6 Å². The van der Waals surface area contributed by atoms with Crippen LogP contribution in [0.15, 0.2) is 17.8 Å². The van der Waals surface area contributed by atoms with Crippen LogP contribution in [0.25, 0.3) is 0 Å². The number of hydrogen-bond donors (Lipinski definition) is 1. The van der Waals surface area contributed by atoms with Gasteiger partial charge in [-0.1, -0.05) is 0 Å². The Morgan fingerprint density at radius 2 is 2.35 bits per heavy atom. The maximum Gasteiger partial charge on any atom is 0.287 e. The summed E-state index contributed by atoms with van der Waals surface area (Å²) in [5.74, 6) is 0.842. The van der Waals surface area contributed by atoms with E-state index in [1.807, 2.05) is 14.0 Å². The molecule has 0 unspecified atom stereocenters. The molecule has 4 rings (SSSR count). The van der Waals surface area contributed by atoms with Gasteiger partial charge in [0.05, 0.1) is 12.1 Å². The molecule has 0 radical (unpaired) electrons. The quantitative estimate of drug-likeness (QED) is 0.830. The van der Waals surface area contributed by atoms with Gasteiger partial charge in [0.2, 0.25) is 0 Å². The highest BCUT2D eigenvalue weighted by Gasteiger charge is 2.52. The van der Waals surface area contributed by atoms with Crippen LogP contribution in [0.1, 0.15) is 34.2 Å². The van der Waals surface area contributed by atoms with E-state index in [1.54, 1.807) is 28.3 Å². The van der Waals surface area contributed by atoms with Crippen LogP contribution in [0.5, 0.6) is 0 Å². The van der Waals surface area contributed by atoms with E-state index in [0.29, 0.717) is 18.3 Å². The van der Waals surface area contributed by atoms with Crippen molar-refractivity contribution in [1.82, 2.24) is 24.8 Å². The molecule has 4 heterocycles. The number of aryl methyl sites for hydroxylation is 2. The molecule has 2 fully saturated rings. The predicted molar refractivity (Wildman–Crippen MR) is 99.1 cm³/mol. The fourth-order valence-electron chi connectivity index (χ4n) is 4.05. The number of nitrogens with zero attached hydrogens (tertiary/aromatic N) is 4. The van der Waals surface area contributed by atoms with Gasteiger partial charge in [0.1, 0.15) is 5.01 Å². The van der Waals surface area contributed by atoms with Crippen LogP contribution in [0, 0.1) is 12.8 Å². The SMILES string of the molecule is Cc1csc(CN2CC3(C2)OCC[C@@H]3CCNC(=O)c2nccn2C)n1. The molecule has 2 aliphatic heterocycles. The first-order chi connectivity index (χ1) is 12.6. The van der Waals surface area contributed by atoms with Gasteiger partial charge in [-0.2, -0.15) is 0 Å². The summed E-state index contributed by atoms with van der Waals surface area (Å²) in [7, 11) is 1.83. The summed E-state index contributed by atoms with van der Waals surface area (Å²) in [5.41, 5.74) is 1.07. The zero-order valence-corrected chi connectivity index (χ0v) is 16.1. The van der Waals surface area contributed by atoms with E-state index in [9.17, 15) is 4.79 Å². The first-order valence-electron chi connectivity index (χ1n) is 9.08. The third-order valence-electron chi connectivity index (χ3n) is 5.41. The highest BCUT2D eigenvalue weighted by molar-refractivity contribution is 7.09. The normalized spacial score (nSPS) is 21.8. The Balaban J connectivity index is 1.25. The fraction of sp³-hybridized carbons (Fsp3) is 0.611. The molecule has 0 bridgehead atoms. The second-order valence-corrected chi connectivity index (χ2v) is 8.28. The number of amides is 1. The summed E-state index contributed by atoms with van der Waals surface area (Å²) in [6, 6.07) is 0. The van der Waals surface area contributed by atoms with Crippen LogP contribution >= 0.6 is 11.3 Å². The van der Waals surface area contributed by atoms with Gasteiger partial charge in [0, 0.05) is 56.8 Å². The zero-order valence-electron chi connectivity index (χ0n) is 15.3. The number of hydrogen-bond acceptors (Lipinski definition) is 6. The van der Waals surface area contributed by atoms with Crippen molar-refractivity contribution in [2.24, 2.45) is 13.0 Å². The fourth-order valence-corrected chi connectivity index (χ4v) is 4.87. The van der Waals surface area contributed by atoms with Crippen molar-refractivity contribution in [1.29, 1.82) is 0 Å². The first-order valence-corrected chi connectivity index (χ1v) is 9.96. The maximum absolute atomic E-state index is 12.2. The largest absolute Gasteiger partial charge is 0.372 e. The Morgan fingerprint density at radius 3 is 3.04 bits per heavy atom. The second-order valence-electron chi connectivity index (χ2n) is 7.33. The summed E-state index contributed by atoms with van der Waals surface area (Å²) in [5, 5.41) is 6.27. The summed E-state index contributed by atoms with van der Waals surface area (Å²) in [4.78, 5) is 23.2. The Hall–Kier alpha value is -1.77. The van der Waals surface area contributed by atoms with Crippen LogP contribution in [0.4, 0.5) is 0 Å². The molecule has 2 aliphatic rings. The van der Waals surface area contributed by atoms with Crippen LogP contribution in [0.3, 0.4) is 0 Å². The third kappa shape index (κ3) is 3.41. The van der Waals surface area contributed by atoms with E-state index in [-0.39, 0.29) is 11.5 Å². The first kappa shape index (κ1) is 17.6. The van der Waals surface area contributed by atoms with Crippen molar-refractivity contribution in [2.45, 2.75) is 31.9 Å². The molecule has 2 saturated heterocycles. The Morgan fingerprint density at radius 1 is 1.50 bits per heavy atom. The number of thiazole rings is 1. The van der Waals surface area contributed by atoms with Gasteiger partial charge in [-0.15, -0.1) is 11.3 Å². The van der Waals surface area contributed by atoms with E-state index in [4.69, 9.17) is 4.74 Å². The zero-order chi connectivity index (χ0) is 18.1. The van der Waals surface area contributed by atoms with Crippen molar-refractivity contribution in [3.63, 3.8) is 0 Å². The van der Waals surface area contributed by atoms with E-state index in [1.165, 1.54) is 5.01 Å². The Labute approximate surface area is 157 Å². The minimum atomic E-state index is -0.111. The van der Waals surface area contributed by atoms with Gasteiger partial charge in [-0.3, -0.25) is 9.69 Å². The topological polar surface area (TPSA) is 72.3 Å². The highest BCUT2D eigenvalue weighted by Crippen LogP contribution is 2.42. The highest BCUT2D eigenvalue weighted by atomic mass is 32.1. The summed E-state index contributed by atoms with van der Waals surface area (Å²) in [6.45, 7) is 6.35. The summed E-state index contributed by atoms with van der Waals surface area (Å²) in [6.07, 6.45) is 5.44. The molecule has 0 aliphatic carbocycles. The van der Waals surface area contributed by atoms with Gasteiger partial charge in [0.25, 0.3) is 5.91 Å². The van der Waals surface area contributed by atoms with Crippen molar-refractivity contribution >= 4 is 17.2 Å².